The Morgan fingerprint density at radius 2 is 1.83 bits per heavy atom. The number of aromatic nitrogens is 4. The van der Waals surface area contributed by atoms with Crippen molar-refractivity contribution in [2.45, 2.75) is 31.7 Å². The number of carbonyl (C=O) groups excluding carboxylic acids is 1. The normalized spacial score (nSPS) is 18.2. The quantitative estimate of drug-likeness (QED) is 0.719. The Morgan fingerprint density at radius 3 is 2.57 bits per heavy atom. The van der Waals surface area contributed by atoms with E-state index < -0.39 is 0 Å². The number of hydrogen-bond donors (Lipinski definition) is 1. The van der Waals surface area contributed by atoms with E-state index in [4.69, 9.17) is 0 Å². The van der Waals surface area contributed by atoms with Crippen molar-refractivity contribution in [1.29, 1.82) is 0 Å². The zero-order valence-corrected chi connectivity index (χ0v) is 17.3. The first kappa shape index (κ1) is 19.0. The first-order valence-electron chi connectivity index (χ1n) is 10.7. The summed E-state index contributed by atoms with van der Waals surface area (Å²) in [6, 6.07) is 6.16. The lowest BCUT2D eigenvalue weighted by Crippen LogP contribution is -2.44. The molecular formula is C22H27N7O. The van der Waals surface area contributed by atoms with E-state index in [1.165, 1.54) is 25.7 Å². The maximum Gasteiger partial charge on any atom is 0.257 e. The van der Waals surface area contributed by atoms with Crippen molar-refractivity contribution < 1.29 is 4.79 Å². The molecule has 1 N–H and O–H groups in total. The lowest BCUT2D eigenvalue weighted by atomic mass is 10.2. The number of rotatable bonds is 4. The number of imidazole rings is 1. The fraction of sp³-hybridized carbons (Fsp3) is 0.455. The van der Waals surface area contributed by atoms with E-state index in [0.29, 0.717) is 17.3 Å². The Morgan fingerprint density at radius 1 is 1.03 bits per heavy atom. The molecule has 0 unspecified atom stereocenters. The van der Waals surface area contributed by atoms with E-state index >= 15 is 0 Å². The largest absolute Gasteiger partial charge is 0.354 e. The third-order valence-electron chi connectivity index (χ3n) is 6.23. The second-order valence-electron chi connectivity index (χ2n) is 8.31. The molecule has 1 saturated heterocycles. The summed E-state index contributed by atoms with van der Waals surface area (Å²) in [5.74, 6) is 0.746. The van der Waals surface area contributed by atoms with Gasteiger partial charge in [0.05, 0.1) is 23.8 Å². The number of hydrogen-bond acceptors (Lipinski definition) is 6. The Hall–Kier alpha value is -3.00. The van der Waals surface area contributed by atoms with E-state index in [0.717, 1.165) is 43.2 Å². The van der Waals surface area contributed by atoms with Gasteiger partial charge in [0.15, 0.2) is 5.65 Å². The smallest absolute Gasteiger partial charge is 0.257 e. The van der Waals surface area contributed by atoms with Gasteiger partial charge in [-0.15, -0.1) is 0 Å². The highest BCUT2D eigenvalue weighted by molar-refractivity contribution is 6.05. The monoisotopic (exact) mass is 405 g/mol. The van der Waals surface area contributed by atoms with Crippen molar-refractivity contribution in [3.63, 3.8) is 0 Å². The summed E-state index contributed by atoms with van der Waals surface area (Å²) in [5.41, 5.74) is 2.80. The topological polar surface area (TPSA) is 79.2 Å². The molecule has 1 amide bonds. The Kier molecular flexibility index (Phi) is 5.08. The maximum atomic E-state index is 12.7. The third-order valence-corrected chi connectivity index (χ3v) is 6.23. The van der Waals surface area contributed by atoms with Crippen molar-refractivity contribution in [3.05, 3.63) is 42.5 Å². The van der Waals surface area contributed by atoms with Crippen LogP contribution in [0, 0.1) is 0 Å². The molecule has 4 heterocycles. The minimum absolute atomic E-state index is 0.200. The lowest BCUT2D eigenvalue weighted by Gasteiger charge is -2.33. The van der Waals surface area contributed by atoms with Crippen LogP contribution in [0.5, 0.6) is 0 Å². The van der Waals surface area contributed by atoms with Crippen LogP contribution in [0.2, 0.25) is 0 Å². The number of pyridine rings is 2. The van der Waals surface area contributed by atoms with E-state index in [-0.39, 0.29) is 5.91 Å². The molecule has 0 spiro atoms. The van der Waals surface area contributed by atoms with Gasteiger partial charge in [-0.05, 0) is 38.1 Å². The summed E-state index contributed by atoms with van der Waals surface area (Å²) in [5, 5.41) is 2.92. The second-order valence-corrected chi connectivity index (χ2v) is 8.31. The van der Waals surface area contributed by atoms with Gasteiger partial charge in [0.2, 0.25) is 0 Å². The highest BCUT2D eigenvalue weighted by atomic mass is 16.1. The summed E-state index contributed by atoms with van der Waals surface area (Å²) in [6.45, 7) is 4.00. The van der Waals surface area contributed by atoms with Crippen LogP contribution in [0.1, 0.15) is 42.1 Å². The predicted octanol–water partition coefficient (Wildman–Crippen LogP) is 2.95. The molecule has 30 heavy (non-hydrogen) atoms. The molecule has 0 radical (unpaired) electrons. The highest BCUT2D eigenvalue weighted by Gasteiger charge is 2.20. The van der Waals surface area contributed by atoms with Crippen LogP contribution in [0.4, 0.5) is 11.5 Å². The molecule has 0 aromatic carbocycles. The van der Waals surface area contributed by atoms with Gasteiger partial charge in [0, 0.05) is 38.4 Å². The van der Waals surface area contributed by atoms with Crippen molar-refractivity contribution in [2.75, 3.05) is 43.4 Å². The summed E-state index contributed by atoms with van der Waals surface area (Å²) < 4.78 is 2.16. The molecule has 0 atom stereocenters. The number of piperazine rings is 1. The van der Waals surface area contributed by atoms with Gasteiger partial charge in [-0.25, -0.2) is 15.0 Å². The number of likely N-dealkylation sites (N-methyl/N-ethyl adjacent to an activating group) is 1. The minimum atomic E-state index is -0.200. The molecule has 0 bridgehead atoms. The lowest BCUT2D eigenvalue weighted by molar-refractivity contribution is 0.102. The molecule has 2 aliphatic rings. The van der Waals surface area contributed by atoms with Gasteiger partial charge in [-0.3, -0.25) is 4.79 Å². The zero-order valence-electron chi connectivity index (χ0n) is 17.3. The molecule has 156 valence electrons. The molecule has 3 aromatic heterocycles. The van der Waals surface area contributed by atoms with E-state index in [1.807, 2.05) is 24.5 Å². The van der Waals surface area contributed by atoms with Crippen LogP contribution >= 0.6 is 0 Å². The van der Waals surface area contributed by atoms with Crippen LogP contribution in [0.15, 0.2) is 36.9 Å². The number of nitrogens with one attached hydrogen (secondary N) is 1. The van der Waals surface area contributed by atoms with Gasteiger partial charge >= 0.3 is 0 Å². The van der Waals surface area contributed by atoms with Crippen LogP contribution in [-0.4, -0.2) is 63.6 Å². The fourth-order valence-electron chi connectivity index (χ4n) is 4.38. The minimum Gasteiger partial charge on any atom is -0.354 e. The van der Waals surface area contributed by atoms with Crippen LogP contribution < -0.4 is 10.2 Å². The Balaban J connectivity index is 1.27. The first-order chi connectivity index (χ1) is 14.7. The van der Waals surface area contributed by atoms with E-state index in [1.54, 1.807) is 12.4 Å². The van der Waals surface area contributed by atoms with E-state index in [9.17, 15) is 4.79 Å². The molecule has 1 aliphatic carbocycles. The van der Waals surface area contributed by atoms with Crippen molar-refractivity contribution in [3.8, 4) is 0 Å². The number of carbonyl (C=O) groups is 1. The fourth-order valence-corrected chi connectivity index (χ4v) is 4.38. The summed E-state index contributed by atoms with van der Waals surface area (Å²) in [7, 11) is 2.13. The van der Waals surface area contributed by atoms with Crippen molar-refractivity contribution in [1.82, 2.24) is 24.4 Å². The molecule has 5 rings (SSSR count). The molecule has 1 aliphatic heterocycles. The molecular weight excluding hydrogens is 378 g/mol. The van der Waals surface area contributed by atoms with Gasteiger partial charge in [-0.1, -0.05) is 12.8 Å². The van der Waals surface area contributed by atoms with Crippen LogP contribution in [0.3, 0.4) is 0 Å². The van der Waals surface area contributed by atoms with E-state index in [2.05, 4.69) is 41.7 Å². The molecule has 8 heteroatoms. The molecule has 3 aromatic rings. The molecule has 2 fully saturated rings. The third kappa shape index (κ3) is 3.75. The number of nitrogens with zero attached hydrogens (tertiary/aromatic N) is 6. The standard InChI is InChI=1S/C22H27N7O/c1-27-8-10-28(11-9-27)20-7-6-17(14-23-20)26-22(30)16-12-19-21(24-13-16)29(15-25-19)18-4-2-3-5-18/h6-7,12-15,18H,2-5,8-11H2,1H3,(H,26,30). The number of fused-ring (bicyclic) bond motifs is 1. The average Bonchev–Trinajstić information content (AvgIpc) is 3.44. The van der Waals surface area contributed by atoms with Crippen molar-refractivity contribution >= 4 is 28.6 Å². The summed E-state index contributed by atoms with van der Waals surface area (Å²) in [6.07, 6.45) is 10.1. The SMILES string of the molecule is CN1CCN(c2ccc(NC(=O)c3cnc4c(c3)ncn4C3CCCC3)cn2)CC1. The van der Waals surface area contributed by atoms with Gasteiger partial charge in [0.25, 0.3) is 5.91 Å². The van der Waals surface area contributed by atoms with Crippen molar-refractivity contribution in [2.24, 2.45) is 0 Å². The van der Waals surface area contributed by atoms with Crippen LogP contribution in [0.25, 0.3) is 11.2 Å². The zero-order chi connectivity index (χ0) is 20.5. The Labute approximate surface area is 175 Å². The highest BCUT2D eigenvalue weighted by Crippen LogP contribution is 2.31. The molecule has 1 saturated carbocycles. The van der Waals surface area contributed by atoms with Crippen LogP contribution in [-0.2, 0) is 0 Å². The second kappa shape index (κ2) is 8.02. The average molecular weight is 406 g/mol. The Bertz CT molecular complexity index is 1030. The number of amides is 1. The maximum absolute atomic E-state index is 12.7. The molecule has 8 nitrogen and oxygen atoms in total. The summed E-state index contributed by atoms with van der Waals surface area (Å²) >= 11 is 0. The van der Waals surface area contributed by atoms with Gasteiger partial charge < -0.3 is 19.7 Å². The van der Waals surface area contributed by atoms with Gasteiger partial charge in [-0.2, -0.15) is 0 Å². The summed E-state index contributed by atoms with van der Waals surface area (Å²) in [4.78, 5) is 30.9. The number of anilines is 2. The first-order valence-corrected chi connectivity index (χ1v) is 10.7. The van der Waals surface area contributed by atoms with Gasteiger partial charge in [0.1, 0.15) is 11.3 Å². The predicted molar refractivity (Wildman–Crippen MR) is 117 cm³/mol.